The second-order valence-corrected chi connectivity index (χ2v) is 5.85. The van der Waals surface area contributed by atoms with E-state index in [0.717, 1.165) is 11.1 Å². The van der Waals surface area contributed by atoms with Gasteiger partial charge < -0.3 is 10.1 Å². The summed E-state index contributed by atoms with van der Waals surface area (Å²) in [5.74, 6) is -0.387. The lowest BCUT2D eigenvalue weighted by Crippen LogP contribution is -2.39. The van der Waals surface area contributed by atoms with Crippen molar-refractivity contribution in [3.63, 3.8) is 0 Å². The quantitative estimate of drug-likeness (QED) is 0.734. The molecule has 3 aromatic rings. The van der Waals surface area contributed by atoms with Crippen LogP contribution in [0.15, 0.2) is 79.1 Å². The van der Waals surface area contributed by atoms with Crippen molar-refractivity contribution in [2.75, 3.05) is 0 Å². The summed E-state index contributed by atoms with van der Waals surface area (Å²) in [4.78, 5) is 16.7. The van der Waals surface area contributed by atoms with E-state index in [1.807, 2.05) is 42.5 Å². The highest BCUT2D eigenvalue weighted by Gasteiger charge is 2.21. The van der Waals surface area contributed by atoms with Gasteiger partial charge in [-0.05, 0) is 42.3 Å². The maximum atomic E-state index is 13.3. The Bertz CT molecular complexity index is 817. The summed E-state index contributed by atoms with van der Waals surface area (Å²) < 4.78 is 18.9. The number of ether oxygens (including phenoxy) is 1. The minimum Gasteiger partial charge on any atom is -0.481 e. The van der Waals surface area contributed by atoms with Crippen LogP contribution in [0.2, 0.25) is 0 Å². The van der Waals surface area contributed by atoms with Gasteiger partial charge >= 0.3 is 0 Å². The summed E-state index contributed by atoms with van der Waals surface area (Å²) in [6.45, 7) is 1.63. The van der Waals surface area contributed by atoms with E-state index in [4.69, 9.17) is 4.74 Å². The van der Waals surface area contributed by atoms with Crippen LogP contribution in [0.3, 0.4) is 0 Å². The molecular formula is C21H19FN2O2. The number of carbonyl (C=O) groups excluding carboxylic acids is 1. The molecule has 1 aromatic heterocycles. The topological polar surface area (TPSA) is 51.2 Å². The van der Waals surface area contributed by atoms with Gasteiger partial charge in [-0.25, -0.2) is 4.39 Å². The zero-order valence-corrected chi connectivity index (χ0v) is 14.3. The first-order valence-electron chi connectivity index (χ1n) is 8.31. The minimum atomic E-state index is -0.773. The third-order valence-electron chi connectivity index (χ3n) is 3.94. The third kappa shape index (κ3) is 4.45. The number of nitrogens with zero attached hydrogens (tertiary/aromatic N) is 1. The van der Waals surface area contributed by atoms with Crippen LogP contribution in [0.4, 0.5) is 4.39 Å². The molecule has 1 N–H and O–H groups in total. The molecule has 1 heterocycles. The molecule has 0 bridgehead atoms. The lowest BCUT2D eigenvalue weighted by atomic mass is 9.99. The first-order valence-corrected chi connectivity index (χ1v) is 8.31. The van der Waals surface area contributed by atoms with E-state index >= 15 is 0 Å². The third-order valence-corrected chi connectivity index (χ3v) is 3.94. The van der Waals surface area contributed by atoms with Crippen LogP contribution in [-0.4, -0.2) is 17.0 Å². The average molecular weight is 350 g/mol. The van der Waals surface area contributed by atoms with Crippen molar-refractivity contribution < 1.29 is 13.9 Å². The van der Waals surface area contributed by atoms with Crippen LogP contribution in [0.25, 0.3) is 0 Å². The molecule has 5 heteroatoms. The molecule has 1 amide bonds. The number of hydrogen-bond acceptors (Lipinski definition) is 3. The van der Waals surface area contributed by atoms with Crippen molar-refractivity contribution in [3.05, 3.63) is 96.1 Å². The maximum absolute atomic E-state index is 13.3. The van der Waals surface area contributed by atoms with Crippen LogP contribution in [0, 0.1) is 5.82 Å². The monoisotopic (exact) mass is 350 g/mol. The molecule has 132 valence electrons. The predicted octanol–water partition coefficient (Wildman–Crippen LogP) is 3.89. The smallest absolute Gasteiger partial charge is 0.261 e. The van der Waals surface area contributed by atoms with Crippen molar-refractivity contribution >= 4 is 5.91 Å². The number of pyridine rings is 1. The van der Waals surface area contributed by atoms with Gasteiger partial charge in [-0.15, -0.1) is 0 Å². The van der Waals surface area contributed by atoms with Gasteiger partial charge in [-0.2, -0.15) is 0 Å². The molecule has 26 heavy (non-hydrogen) atoms. The molecule has 0 saturated carbocycles. The molecule has 3 rings (SSSR count). The molecular weight excluding hydrogens is 331 g/mol. The van der Waals surface area contributed by atoms with E-state index in [1.54, 1.807) is 31.5 Å². The first-order chi connectivity index (χ1) is 12.6. The predicted molar refractivity (Wildman–Crippen MR) is 97.2 cm³/mol. The molecule has 0 aliphatic rings. The average Bonchev–Trinajstić information content (AvgIpc) is 2.67. The van der Waals surface area contributed by atoms with Gasteiger partial charge in [-0.1, -0.05) is 36.4 Å². The fraction of sp³-hybridized carbons (Fsp3) is 0.143. The van der Waals surface area contributed by atoms with E-state index < -0.39 is 11.9 Å². The SMILES string of the molecule is CC(Oc1cccc(F)c1)C(=O)NC(c1ccccc1)c1ccncc1. The largest absolute Gasteiger partial charge is 0.481 e. The molecule has 0 fully saturated rings. The Morgan fingerprint density at radius 2 is 1.69 bits per heavy atom. The molecule has 0 aliphatic heterocycles. The van der Waals surface area contributed by atoms with Gasteiger partial charge in [0.2, 0.25) is 0 Å². The number of rotatable bonds is 6. The normalized spacial score (nSPS) is 12.8. The van der Waals surface area contributed by atoms with Crippen molar-refractivity contribution in [3.8, 4) is 5.75 Å². The summed E-state index contributed by atoms with van der Waals surface area (Å²) in [6, 6.07) is 18.8. The number of amides is 1. The summed E-state index contributed by atoms with van der Waals surface area (Å²) in [5, 5.41) is 3.00. The Labute approximate surface area is 151 Å². The van der Waals surface area contributed by atoms with Crippen LogP contribution in [-0.2, 0) is 4.79 Å². The van der Waals surface area contributed by atoms with Crippen molar-refractivity contribution in [1.82, 2.24) is 10.3 Å². The maximum Gasteiger partial charge on any atom is 0.261 e. The Hall–Kier alpha value is -3.21. The number of hydrogen-bond donors (Lipinski definition) is 1. The van der Waals surface area contributed by atoms with Crippen LogP contribution in [0.5, 0.6) is 5.75 Å². The number of nitrogens with one attached hydrogen (secondary N) is 1. The van der Waals surface area contributed by atoms with Gasteiger partial charge in [0.15, 0.2) is 6.10 Å². The van der Waals surface area contributed by atoms with Gasteiger partial charge in [0.1, 0.15) is 11.6 Å². The summed E-state index contributed by atoms with van der Waals surface area (Å²) in [5.41, 5.74) is 1.86. The Morgan fingerprint density at radius 1 is 1.00 bits per heavy atom. The van der Waals surface area contributed by atoms with Crippen LogP contribution >= 0.6 is 0 Å². The second-order valence-electron chi connectivity index (χ2n) is 5.85. The van der Waals surface area contributed by atoms with Gasteiger partial charge in [0.25, 0.3) is 5.91 Å². The molecule has 2 aromatic carbocycles. The highest BCUT2D eigenvalue weighted by atomic mass is 19.1. The van der Waals surface area contributed by atoms with Gasteiger partial charge in [-0.3, -0.25) is 9.78 Å². The lowest BCUT2D eigenvalue weighted by Gasteiger charge is -2.22. The summed E-state index contributed by atoms with van der Waals surface area (Å²) in [6.07, 6.45) is 2.60. The Kier molecular flexibility index (Phi) is 5.59. The Morgan fingerprint density at radius 3 is 2.38 bits per heavy atom. The summed E-state index contributed by atoms with van der Waals surface area (Å²) in [7, 11) is 0. The van der Waals surface area contributed by atoms with Crippen molar-refractivity contribution in [2.45, 2.75) is 19.1 Å². The molecule has 2 unspecified atom stereocenters. The van der Waals surface area contributed by atoms with E-state index in [1.165, 1.54) is 12.1 Å². The second kappa shape index (κ2) is 8.25. The molecule has 4 nitrogen and oxygen atoms in total. The molecule has 0 spiro atoms. The molecule has 0 radical (unpaired) electrons. The highest BCUT2D eigenvalue weighted by molar-refractivity contribution is 5.81. The highest BCUT2D eigenvalue weighted by Crippen LogP contribution is 2.22. The summed E-state index contributed by atoms with van der Waals surface area (Å²) >= 11 is 0. The Balaban J connectivity index is 1.77. The van der Waals surface area contributed by atoms with Crippen molar-refractivity contribution in [2.24, 2.45) is 0 Å². The fourth-order valence-electron chi connectivity index (χ4n) is 2.62. The van der Waals surface area contributed by atoms with Gasteiger partial charge in [0, 0.05) is 18.5 Å². The van der Waals surface area contributed by atoms with Crippen LogP contribution < -0.4 is 10.1 Å². The minimum absolute atomic E-state index is 0.292. The number of halogens is 1. The van der Waals surface area contributed by atoms with E-state index in [0.29, 0.717) is 5.75 Å². The van der Waals surface area contributed by atoms with Gasteiger partial charge in [0.05, 0.1) is 6.04 Å². The lowest BCUT2D eigenvalue weighted by molar-refractivity contribution is -0.127. The van der Waals surface area contributed by atoms with Crippen molar-refractivity contribution in [1.29, 1.82) is 0 Å². The number of aromatic nitrogens is 1. The molecule has 0 aliphatic carbocycles. The fourth-order valence-corrected chi connectivity index (χ4v) is 2.62. The zero-order chi connectivity index (χ0) is 18.4. The molecule has 0 saturated heterocycles. The van der Waals surface area contributed by atoms with E-state index in [9.17, 15) is 9.18 Å². The number of carbonyl (C=O) groups is 1. The van der Waals surface area contributed by atoms with Crippen LogP contribution in [0.1, 0.15) is 24.1 Å². The first kappa shape index (κ1) is 17.6. The standard InChI is InChI=1S/C21H19FN2O2/c1-15(26-19-9-5-8-18(22)14-19)21(25)24-20(16-6-3-2-4-7-16)17-10-12-23-13-11-17/h2-15,20H,1H3,(H,24,25). The zero-order valence-electron chi connectivity index (χ0n) is 14.3. The number of benzene rings is 2. The van der Waals surface area contributed by atoms with E-state index in [2.05, 4.69) is 10.3 Å². The molecule has 2 atom stereocenters. The van der Waals surface area contributed by atoms with E-state index in [-0.39, 0.29) is 11.9 Å².